The molecular formula is C11H11Br. The zero-order valence-electron chi connectivity index (χ0n) is 7.10. The fraction of sp³-hybridized carbons (Fsp3) is 0.273. The van der Waals surface area contributed by atoms with Crippen LogP contribution in [0.5, 0.6) is 0 Å². The predicted octanol–water partition coefficient (Wildman–Crippen LogP) is 3.32. The molecule has 0 saturated heterocycles. The Kier molecular flexibility index (Phi) is 3.37. The number of hydrogen-bond acceptors (Lipinski definition) is 0. The van der Waals surface area contributed by atoms with Crippen LogP contribution in [0, 0.1) is 19.3 Å². The molecule has 0 saturated carbocycles. The van der Waals surface area contributed by atoms with Gasteiger partial charge in [-0.15, -0.1) is 12.3 Å². The Morgan fingerprint density at radius 2 is 2.25 bits per heavy atom. The number of hydrogen-bond donors (Lipinski definition) is 0. The zero-order valence-corrected chi connectivity index (χ0v) is 8.69. The highest BCUT2D eigenvalue weighted by Gasteiger charge is 1.97. The maximum atomic E-state index is 5.20. The number of aryl methyl sites for hydroxylation is 2. The molecule has 0 fully saturated rings. The Bertz CT molecular complexity index is 307. The molecule has 0 N–H and O–H groups in total. The summed E-state index contributed by atoms with van der Waals surface area (Å²) in [6.45, 7) is 2.11. The Hall–Kier alpha value is -0.740. The minimum atomic E-state index is 0.822. The zero-order chi connectivity index (χ0) is 8.97. The highest BCUT2D eigenvalue weighted by molar-refractivity contribution is 9.10. The largest absolute Gasteiger partial charge is 0.120 e. The molecule has 0 aliphatic heterocycles. The van der Waals surface area contributed by atoms with Gasteiger partial charge >= 0.3 is 0 Å². The molecule has 12 heavy (non-hydrogen) atoms. The first-order chi connectivity index (χ1) is 5.74. The summed E-state index contributed by atoms with van der Waals surface area (Å²) in [6, 6.07) is 6.29. The molecule has 0 aliphatic rings. The van der Waals surface area contributed by atoms with E-state index in [0.717, 1.165) is 17.3 Å². The van der Waals surface area contributed by atoms with E-state index in [9.17, 15) is 0 Å². The van der Waals surface area contributed by atoms with Crippen LogP contribution in [0.4, 0.5) is 0 Å². The number of terminal acetylenes is 1. The normalized spacial score (nSPS) is 9.42. The van der Waals surface area contributed by atoms with E-state index >= 15 is 0 Å². The molecule has 0 amide bonds. The highest BCUT2D eigenvalue weighted by Crippen LogP contribution is 2.16. The molecule has 0 spiro atoms. The van der Waals surface area contributed by atoms with Crippen molar-refractivity contribution in [2.24, 2.45) is 0 Å². The SMILES string of the molecule is C#CCCc1ccc(Br)cc1C. The number of halogens is 1. The lowest BCUT2D eigenvalue weighted by molar-refractivity contribution is 1.01. The summed E-state index contributed by atoms with van der Waals surface area (Å²) in [6.07, 6.45) is 7.00. The maximum Gasteiger partial charge on any atom is 0.0178 e. The van der Waals surface area contributed by atoms with Crippen molar-refractivity contribution in [1.29, 1.82) is 0 Å². The van der Waals surface area contributed by atoms with Crippen molar-refractivity contribution in [3.8, 4) is 12.3 Å². The molecule has 0 atom stereocenters. The fourth-order valence-electron chi connectivity index (χ4n) is 1.15. The van der Waals surface area contributed by atoms with Crippen LogP contribution in [-0.4, -0.2) is 0 Å². The highest BCUT2D eigenvalue weighted by atomic mass is 79.9. The monoisotopic (exact) mass is 222 g/mol. The molecule has 1 heteroatoms. The topological polar surface area (TPSA) is 0 Å². The van der Waals surface area contributed by atoms with E-state index in [0.29, 0.717) is 0 Å². The third-order valence-electron chi connectivity index (χ3n) is 1.84. The van der Waals surface area contributed by atoms with E-state index < -0.39 is 0 Å². The van der Waals surface area contributed by atoms with Crippen molar-refractivity contribution in [3.63, 3.8) is 0 Å². The first kappa shape index (κ1) is 9.35. The Morgan fingerprint density at radius 3 is 2.83 bits per heavy atom. The quantitative estimate of drug-likeness (QED) is 0.674. The second kappa shape index (κ2) is 4.33. The average molecular weight is 223 g/mol. The minimum Gasteiger partial charge on any atom is -0.120 e. The smallest absolute Gasteiger partial charge is 0.0178 e. The standard InChI is InChI=1S/C11H11Br/c1-3-4-5-10-6-7-11(12)8-9(10)2/h1,6-8H,4-5H2,2H3. The molecule has 0 radical (unpaired) electrons. The lowest BCUT2D eigenvalue weighted by Gasteiger charge is -2.03. The van der Waals surface area contributed by atoms with E-state index in [-0.39, 0.29) is 0 Å². The lowest BCUT2D eigenvalue weighted by Crippen LogP contribution is -1.87. The van der Waals surface area contributed by atoms with E-state index in [4.69, 9.17) is 6.42 Å². The summed E-state index contributed by atoms with van der Waals surface area (Å²) in [5.41, 5.74) is 2.65. The maximum absolute atomic E-state index is 5.20. The van der Waals surface area contributed by atoms with Crippen LogP contribution in [0.2, 0.25) is 0 Å². The van der Waals surface area contributed by atoms with E-state index in [1.807, 2.05) is 0 Å². The molecular weight excluding hydrogens is 212 g/mol. The first-order valence-corrected chi connectivity index (χ1v) is 4.72. The second-order valence-corrected chi connectivity index (χ2v) is 3.69. The van der Waals surface area contributed by atoms with Crippen LogP contribution in [-0.2, 0) is 6.42 Å². The summed E-state index contributed by atoms with van der Waals surface area (Å²) in [4.78, 5) is 0. The summed E-state index contributed by atoms with van der Waals surface area (Å²) >= 11 is 3.42. The van der Waals surface area contributed by atoms with E-state index in [1.54, 1.807) is 0 Å². The molecule has 0 unspecified atom stereocenters. The molecule has 0 heterocycles. The van der Waals surface area contributed by atoms with Crippen LogP contribution in [0.1, 0.15) is 17.5 Å². The number of benzene rings is 1. The second-order valence-electron chi connectivity index (χ2n) is 2.77. The lowest BCUT2D eigenvalue weighted by atomic mass is 10.0. The summed E-state index contributed by atoms with van der Waals surface area (Å²) < 4.78 is 1.13. The van der Waals surface area contributed by atoms with E-state index in [2.05, 4.69) is 47.0 Å². The van der Waals surface area contributed by atoms with Crippen molar-refractivity contribution in [2.75, 3.05) is 0 Å². The minimum absolute atomic E-state index is 0.822. The third-order valence-corrected chi connectivity index (χ3v) is 2.34. The van der Waals surface area contributed by atoms with Gasteiger partial charge in [0.2, 0.25) is 0 Å². The predicted molar refractivity (Wildman–Crippen MR) is 56.0 cm³/mol. The van der Waals surface area contributed by atoms with Crippen LogP contribution in [0.3, 0.4) is 0 Å². The Labute approximate surface area is 82.1 Å². The molecule has 0 aromatic heterocycles. The van der Waals surface area contributed by atoms with Crippen molar-refractivity contribution in [1.82, 2.24) is 0 Å². The van der Waals surface area contributed by atoms with Crippen LogP contribution in [0.15, 0.2) is 22.7 Å². The average Bonchev–Trinajstić information content (AvgIpc) is 2.03. The molecule has 1 aromatic carbocycles. The molecule has 0 nitrogen and oxygen atoms in total. The summed E-state index contributed by atoms with van der Waals surface area (Å²) in [5.74, 6) is 2.65. The van der Waals surface area contributed by atoms with Gasteiger partial charge in [0, 0.05) is 10.9 Å². The van der Waals surface area contributed by atoms with Gasteiger partial charge in [-0.3, -0.25) is 0 Å². The molecule has 1 rings (SSSR count). The van der Waals surface area contributed by atoms with Gasteiger partial charge in [-0.2, -0.15) is 0 Å². The molecule has 0 aliphatic carbocycles. The Morgan fingerprint density at radius 1 is 1.50 bits per heavy atom. The van der Waals surface area contributed by atoms with Gasteiger partial charge in [-0.1, -0.05) is 22.0 Å². The van der Waals surface area contributed by atoms with Gasteiger partial charge in [0.25, 0.3) is 0 Å². The van der Waals surface area contributed by atoms with Crippen molar-refractivity contribution in [2.45, 2.75) is 19.8 Å². The number of rotatable bonds is 2. The van der Waals surface area contributed by atoms with Crippen molar-refractivity contribution < 1.29 is 0 Å². The van der Waals surface area contributed by atoms with Gasteiger partial charge in [-0.25, -0.2) is 0 Å². The molecule has 62 valence electrons. The van der Waals surface area contributed by atoms with Crippen LogP contribution in [0.25, 0.3) is 0 Å². The molecule has 1 aromatic rings. The third kappa shape index (κ3) is 2.39. The molecule has 0 bridgehead atoms. The first-order valence-electron chi connectivity index (χ1n) is 3.92. The van der Waals surface area contributed by atoms with Crippen LogP contribution >= 0.6 is 15.9 Å². The van der Waals surface area contributed by atoms with Crippen LogP contribution < -0.4 is 0 Å². The van der Waals surface area contributed by atoms with Gasteiger partial charge < -0.3 is 0 Å². The van der Waals surface area contributed by atoms with E-state index in [1.165, 1.54) is 11.1 Å². The van der Waals surface area contributed by atoms with Crippen molar-refractivity contribution >= 4 is 15.9 Å². The summed E-state index contributed by atoms with van der Waals surface area (Å²) in [7, 11) is 0. The Balaban J connectivity index is 2.81. The van der Waals surface area contributed by atoms with Crippen molar-refractivity contribution in [3.05, 3.63) is 33.8 Å². The summed E-state index contributed by atoms with van der Waals surface area (Å²) in [5, 5.41) is 0. The van der Waals surface area contributed by atoms with Gasteiger partial charge in [0.05, 0.1) is 0 Å². The van der Waals surface area contributed by atoms with Gasteiger partial charge in [-0.05, 0) is 36.6 Å². The van der Waals surface area contributed by atoms with Gasteiger partial charge in [0.15, 0.2) is 0 Å². The fourth-order valence-corrected chi connectivity index (χ4v) is 1.62. The van der Waals surface area contributed by atoms with Gasteiger partial charge in [0.1, 0.15) is 0 Å².